The fourth-order valence-corrected chi connectivity index (χ4v) is 4.00. The lowest BCUT2D eigenvalue weighted by atomic mass is 9.95. The summed E-state index contributed by atoms with van der Waals surface area (Å²) in [5.41, 5.74) is 1.73. The van der Waals surface area contributed by atoms with Gasteiger partial charge in [0.15, 0.2) is 0 Å². The highest BCUT2D eigenvalue weighted by molar-refractivity contribution is 7.89. The third-order valence-corrected chi connectivity index (χ3v) is 5.51. The highest BCUT2D eigenvalue weighted by atomic mass is 32.2. The molecule has 3 rings (SSSR count). The van der Waals surface area contributed by atoms with Gasteiger partial charge in [0.25, 0.3) is 0 Å². The molecule has 1 aliphatic heterocycles. The van der Waals surface area contributed by atoms with Crippen molar-refractivity contribution in [2.75, 3.05) is 6.54 Å². The minimum absolute atomic E-state index is 0.198. The SMILES string of the molecule is O=C(O)c1cccc2c1CCN(S(=O)(=O)c1cc[nH]c1)C2. The van der Waals surface area contributed by atoms with Gasteiger partial charge in [0.2, 0.25) is 10.0 Å². The molecule has 1 aromatic heterocycles. The van der Waals surface area contributed by atoms with Crippen molar-refractivity contribution in [2.45, 2.75) is 17.9 Å². The van der Waals surface area contributed by atoms with Gasteiger partial charge in [0.05, 0.1) is 10.5 Å². The van der Waals surface area contributed by atoms with E-state index in [1.54, 1.807) is 24.4 Å². The van der Waals surface area contributed by atoms with Gasteiger partial charge in [-0.3, -0.25) is 0 Å². The molecule has 0 atom stereocenters. The van der Waals surface area contributed by atoms with E-state index in [1.165, 1.54) is 16.6 Å². The Balaban J connectivity index is 1.96. The number of fused-ring (bicyclic) bond motifs is 1. The number of carboxylic acids is 1. The van der Waals surface area contributed by atoms with Gasteiger partial charge in [-0.15, -0.1) is 0 Å². The van der Waals surface area contributed by atoms with Crippen LogP contribution in [0.15, 0.2) is 41.6 Å². The van der Waals surface area contributed by atoms with Crippen molar-refractivity contribution < 1.29 is 18.3 Å². The van der Waals surface area contributed by atoms with E-state index in [0.29, 0.717) is 6.42 Å². The monoisotopic (exact) mass is 306 g/mol. The second-order valence-corrected chi connectivity index (χ2v) is 6.82. The zero-order valence-electron chi connectivity index (χ0n) is 11.1. The van der Waals surface area contributed by atoms with E-state index in [4.69, 9.17) is 0 Å². The van der Waals surface area contributed by atoms with Crippen molar-refractivity contribution in [1.29, 1.82) is 0 Å². The molecule has 6 nitrogen and oxygen atoms in total. The normalized spacial score (nSPS) is 15.6. The Morgan fingerprint density at radius 3 is 2.76 bits per heavy atom. The smallest absolute Gasteiger partial charge is 0.335 e. The van der Waals surface area contributed by atoms with Crippen molar-refractivity contribution in [3.05, 3.63) is 53.3 Å². The van der Waals surface area contributed by atoms with Crippen LogP contribution in [0, 0.1) is 0 Å². The van der Waals surface area contributed by atoms with Crippen molar-refractivity contribution in [2.24, 2.45) is 0 Å². The van der Waals surface area contributed by atoms with E-state index in [1.807, 2.05) is 0 Å². The van der Waals surface area contributed by atoms with Crippen LogP contribution in [0.2, 0.25) is 0 Å². The average molecular weight is 306 g/mol. The van der Waals surface area contributed by atoms with Crippen molar-refractivity contribution in [1.82, 2.24) is 9.29 Å². The Kier molecular flexibility index (Phi) is 3.30. The van der Waals surface area contributed by atoms with E-state index < -0.39 is 16.0 Å². The fourth-order valence-electron chi connectivity index (χ4n) is 2.61. The van der Waals surface area contributed by atoms with Crippen LogP contribution in [-0.4, -0.2) is 35.3 Å². The summed E-state index contributed by atoms with van der Waals surface area (Å²) in [5.74, 6) is -0.978. The summed E-state index contributed by atoms with van der Waals surface area (Å²) in [6.07, 6.45) is 3.41. The van der Waals surface area contributed by atoms with Crippen LogP contribution in [0.25, 0.3) is 0 Å². The number of nitrogens with one attached hydrogen (secondary N) is 1. The van der Waals surface area contributed by atoms with E-state index in [2.05, 4.69) is 4.98 Å². The number of hydrogen-bond acceptors (Lipinski definition) is 3. The summed E-state index contributed by atoms with van der Waals surface area (Å²) in [6.45, 7) is 0.481. The number of carbonyl (C=O) groups is 1. The predicted molar refractivity (Wildman–Crippen MR) is 75.5 cm³/mol. The highest BCUT2D eigenvalue weighted by Gasteiger charge is 2.30. The lowest BCUT2D eigenvalue weighted by molar-refractivity contribution is 0.0695. The van der Waals surface area contributed by atoms with E-state index in [9.17, 15) is 18.3 Å². The lowest BCUT2D eigenvalue weighted by Crippen LogP contribution is -2.36. The quantitative estimate of drug-likeness (QED) is 0.898. The molecular formula is C14H14N2O4S. The standard InChI is InChI=1S/C14H14N2O4S/c17-14(18)13-3-1-2-10-9-16(7-5-12(10)13)21(19,20)11-4-6-15-8-11/h1-4,6,8,15H,5,7,9H2,(H,17,18). The second kappa shape index (κ2) is 5.01. The third-order valence-electron chi connectivity index (χ3n) is 3.67. The minimum atomic E-state index is -3.54. The van der Waals surface area contributed by atoms with Crippen LogP contribution in [0.1, 0.15) is 21.5 Å². The maximum absolute atomic E-state index is 12.5. The fraction of sp³-hybridized carbons (Fsp3) is 0.214. The number of sulfonamides is 1. The number of hydrogen-bond donors (Lipinski definition) is 2. The van der Waals surface area contributed by atoms with Crippen molar-refractivity contribution >= 4 is 16.0 Å². The number of aromatic nitrogens is 1. The number of rotatable bonds is 3. The average Bonchev–Trinajstić information content (AvgIpc) is 3.00. The molecule has 0 saturated carbocycles. The number of carboxylic acid groups (broad SMARTS) is 1. The zero-order chi connectivity index (χ0) is 15.0. The zero-order valence-corrected chi connectivity index (χ0v) is 11.9. The second-order valence-electron chi connectivity index (χ2n) is 4.88. The van der Waals surface area contributed by atoms with Crippen molar-refractivity contribution in [3.8, 4) is 0 Å². The van der Waals surface area contributed by atoms with Crippen LogP contribution in [-0.2, 0) is 23.0 Å². The van der Waals surface area contributed by atoms with E-state index >= 15 is 0 Å². The number of aromatic carboxylic acids is 1. The topological polar surface area (TPSA) is 90.5 Å². The van der Waals surface area contributed by atoms with Crippen LogP contribution in [0.3, 0.4) is 0 Å². The molecule has 0 saturated heterocycles. The summed E-state index contributed by atoms with van der Waals surface area (Å²) < 4.78 is 26.3. The van der Waals surface area contributed by atoms with Crippen LogP contribution in [0.4, 0.5) is 0 Å². The molecule has 1 aliphatic rings. The van der Waals surface area contributed by atoms with Gasteiger partial charge < -0.3 is 10.1 Å². The van der Waals surface area contributed by atoms with E-state index in [-0.39, 0.29) is 23.5 Å². The Labute approximate surface area is 122 Å². The maximum atomic E-state index is 12.5. The molecule has 7 heteroatoms. The molecule has 110 valence electrons. The lowest BCUT2D eigenvalue weighted by Gasteiger charge is -2.28. The molecule has 0 fully saturated rings. The largest absolute Gasteiger partial charge is 0.478 e. The highest BCUT2D eigenvalue weighted by Crippen LogP contribution is 2.26. The molecular weight excluding hydrogens is 292 g/mol. The Morgan fingerprint density at radius 1 is 1.29 bits per heavy atom. The molecule has 0 spiro atoms. The first kappa shape index (κ1) is 13.8. The molecule has 0 unspecified atom stereocenters. The maximum Gasteiger partial charge on any atom is 0.335 e. The van der Waals surface area contributed by atoms with Gasteiger partial charge in [0.1, 0.15) is 0 Å². The molecule has 0 radical (unpaired) electrons. The summed E-state index contributed by atoms with van der Waals surface area (Å²) in [7, 11) is -3.54. The molecule has 1 aromatic carbocycles. The number of nitrogens with zero attached hydrogens (tertiary/aromatic N) is 1. The minimum Gasteiger partial charge on any atom is -0.478 e. The van der Waals surface area contributed by atoms with Gasteiger partial charge in [-0.1, -0.05) is 12.1 Å². The van der Waals surface area contributed by atoms with Crippen molar-refractivity contribution in [3.63, 3.8) is 0 Å². The summed E-state index contributed by atoms with van der Waals surface area (Å²) in [4.78, 5) is 14.2. The summed E-state index contributed by atoms with van der Waals surface area (Å²) in [6, 6.07) is 6.49. The van der Waals surface area contributed by atoms with Gasteiger partial charge in [-0.25, -0.2) is 13.2 Å². The molecule has 2 heterocycles. The van der Waals surface area contributed by atoms with Crippen LogP contribution >= 0.6 is 0 Å². The molecule has 2 N–H and O–H groups in total. The summed E-state index contributed by atoms with van der Waals surface area (Å²) in [5, 5.41) is 9.18. The Hall–Kier alpha value is -2.12. The Morgan fingerprint density at radius 2 is 2.10 bits per heavy atom. The van der Waals surface area contributed by atoms with Gasteiger partial charge >= 0.3 is 5.97 Å². The Bertz CT molecular complexity index is 781. The van der Waals surface area contributed by atoms with Crippen LogP contribution in [0.5, 0.6) is 0 Å². The van der Waals surface area contributed by atoms with Crippen LogP contribution < -0.4 is 0 Å². The number of aromatic amines is 1. The van der Waals surface area contributed by atoms with Gasteiger partial charge in [-0.2, -0.15) is 4.31 Å². The van der Waals surface area contributed by atoms with Gasteiger partial charge in [0, 0.05) is 25.5 Å². The third kappa shape index (κ3) is 2.34. The first-order chi connectivity index (χ1) is 10.00. The number of H-pyrrole nitrogens is 1. The molecule has 0 aliphatic carbocycles. The molecule has 0 amide bonds. The first-order valence-corrected chi connectivity index (χ1v) is 7.91. The molecule has 2 aromatic rings. The predicted octanol–water partition coefficient (Wildman–Crippen LogP) is 1.46. The van der Waals surface area contributed by atoms with Gasteiger partial charge in [-0.05, 0) is 29.7 Å². The first-order valence-electron chi connectivity index (χ1n) is 6.47. The molecule has 0 bridgehead atoms. The number of benzene rings is 1. The van der Waals surface area contributed by atoms with E-state index in [0.717, 1.165) is 11.1 Å². The summed E-state index contributed by atoms with van der Waals surface area (Å²) >= 11 is 0. The molecule has 21 heavy (non-hydrogen) atoms.